The van der Waals surface area contributed by atoms with Gasteiger partial charge in [0.2, 0.25) is 0 Å². The van der Waals surface area contributed by atoms with Gasteiger partial charge in [-0.3, -0.25) is 4.79 Å². The third-order valence-corrected chi connectivity index (χ3v) is 7.27. The van der Waals surface area contributed by atoms with Gasteiger partial charge in [0.25, 0.3) is 5.91 Å². The first-order chi connectivity index (χ1) is 15.9. The van der Waals surface area contributed by atoms with Crippen molar-refractivity contribution in [1.29, 1.82) is 0 Å². The van der Waals surface area contributed by atoms with Crippen molar-refractivity contribution >= 4 is 34.4 Å². The second kappa shape index (κ2) is 7.30. The van der Waals surface area contributed by atoms with Crippen molar-refractivity contribution in [3.05, 3.63) is 70.4 Å². The number of aromatic nitrogens is 1. The number of benzene rings is 2. The zero-order valence-electron chi connectivity index (χ0n) is 17.9. The Kier molecular flexibility index (Phi) is 4.58. The van der Waals surface area contributed by atoms with Gasteiger partial charge in [0.05, 0.1) is 36.4 Å². The van der Waals surface area contributed by atoms with Gasteiger partial charge in [-0.1, -0.05) is 35.9 Å². The van der Waals surface area contributed by atoms with Crippen molar-refractivity contribution in [3.8, 4) is 0 Å². The first-order valence-electron chi connectivity index (χ1n) is 11.0. The van der Waals surface area contributed by atoms with Crippen molar-refractivity contribution in [2.45, 2.75) is 30.7 Å². The fourth-order valence-corrected chi connectivity index (χ4v) is 5.41. The van der Waals surface area contributed by atoms with Gasteiger partial charge in [0.15, 0.2) is 5.67 Å². The molecule has 2 fully saturated rings. The fourth-order valence-electron chi connectivity index (χ4n) is 5.25. The molecule has 1 spiro atoms. The van der Waals surface area contributed by atoms with Crippen molar-refractivity contribution in [3.63, 3.8) is 0 Å². The molecular formula is C25H22ClFN2O4. The minimum Gasteiger partial charge on any atom is -0.450 e. The Bertz CT molecular complexity index is 1290. The molecule has 33 heavy (non-hydrogen) atoms. The van der Waals surface area contributed by atoms with Crippen LogP contribution in [0.25, 0.3) is 10.9 Å². The van der Waals surface area contributed by atoms with E-state index in [4.69, 9.17) is 21.1 Å². The number of fused-ring (bicyclic) bond motifs is 3. The minimum absolute atomic E-state index is 0.0465. The van der Waals surface area contributed by atoms with E-state index in [1.165, 1.54) is 0 Å². The summed E-state index contributed by atoms with van der Waals surface area (Å²) in [6.45, 7) is 1.12. The summed E-state index contributed by atoms with van der Waals surface area (Å²) in [5, 5.41) is 1.27. The van der Waals surface area contributed by atoms with Gasteiger partial charge in [0.1, 0.15) is 5.60 Å². The molecule has 0 aliphatic carbocycles. The fraction of sp³-hybridized carbons (Fsp3) is 0.360. The Morgan fingerprint density at radius 3 is 2.61 bits per heavy atom. The van der Waals surface area contributed by atoms with Crippen molar-refractivity contribution in [2.75, 3.05) is 26.3 Å². The van der Waals surface area contributed by atoms with E-state index in [1.54, 1.807) is 33.9 Å². The van der Waals surface area contributed by atoms with Gasteiger partial charge >= 0.3 is 5.97 Å². The SMILES string of the molecule is O=C1OC2(CCN(C(=O)c3cn(CC4(F)COC4)c4cc(Cl)ccc34)CC2)c2ccccc21. The summed E-state index contributed by atoms with van der Waals surface area (Å²) < 4.78 is 27.4. The third kappa shape index (κ3) is 3.25. The molecule has 0 radical (unpaired) electrons. The molecule has 0 bridgehead atoms. The number of piperidine rings is 1. The normalized spacial score (nSPS) is 20.5. The lowest BCUT2D eigenvalue weighted by Crippen LogP contribution is -2.48. The van der Waals surface area contributed by atoms with Crippen LogP contribution in [0.15, 0.2) is 48.7 Å². The van der Waals surface area contributed by atoms with Gasteiger partial charge in [-0.25, -0.2) is 9.18 Å². The molecule has 170 valence electrons. The standard InChI is InChI=1S/C25H22ClFN2O4/c26-16-5-6-17-19(12-29(21(17)11-16)13-24(27)14-32-15-24)22(30)28-9-7-25(8-10-28)20-4-2-1-3-18(20)23(31)33-25/h1-6,11-12H,7-10,13-15H2. The summed E-state index contributed by atoms with van der Waals surface area (Å²) in [6.07, 6.45) is 2.80. The Hall–Kier alpha value is -2.90. The van der Waals surface area contributed by atoms with Gasteiger partial charge in [-0.15, -0.1) is 0 Å². The van der Waals surface area contributed by atoms with Crippen molar-refractivity contribution in [1.82, 2.24) is 9.47 Å². The molecule has 0 N–H and O–H groups in total. The maximum absolute atomic E-state index is 14.8. The van der Waals surface area contributed by atoms with E-state index in [2.05, 4.69) is 0 Å². The van der Waals surface area contributed by atoms with E-state index in [1.807, 2.05) is 24.3 Å². The molecule has 2 saturated heterocycles. The van der Waals surface area contributed by atoms with Gasteiger partial charge in [0, 0.05) is 48.1 Å². The molecule has 0 unspecified atom stereocenters. The van der Waals surface area contributed by atoms with Crippen LogP contribution in [0.1, 0.15) is 39.1 Å². The molecule has 8 heteroatoms. The largest absolute Gasteiger partial charge is 0.450 e. The summed E-state index contributed by atoms with van der Waals surface area (Å²) in [6, 6.07) is 12.8. The minimum atomic E-state index is -1.44. The van der Waals surface area contributed by atoms with E-state index >= 15 is 0 Å². The molecule has 2 aromatic carbocycles. The first-order valence-corrected chi connectivity index (χ1v) is 11.4. The Labute approximate surface area is 194 Å². The number of amides is 1. The van der Waals surface area contributed by atoms with Crippen LogP contribution in [0.3, 0.4) is 0 Å². The highest BCUT2D eigenvalue weighted by Gasteiger charge is 2.48. The average Bonchev–Trinajstić information content (AvgIpc) is 3.28. The highest BCUT2D eigenvalue weighted by molar-refractivity contribution is 6.31. The van der Waals surface area contributed by atoms with Crippen LogP contribution in [-0.4, -0.2) is 53.3 Å². The van der Waals surface area contributed by atoms with E-state index in [9.17, 15) is 14.0 Å². The maximum Gasteiger partial charge on any atom is 0.339 e. The second-order valence-electron chi connectivity index (χ2n) is 9.20. The summed E-state index contributed by atoms with van der Waals surface area (Å²) >= 11 is 6.20. The number of carbonyl (C=O) groups is 2. The lowest BCUT2D eigenvalue weighted by Gasteiger charge is -2.38. The third-order valence-electron chi connectivity index (χ3n) is 7.03. The number of likely N-dealkylation sites (tertiary alicyclic amines) is 1. The zero-order chi connectivity index (χ0) is 22.8. The van der Waals surface area contributed by atoms with Crippen LogP contribution in [0.2, 0.25) is 5.02 Å². The summed E-state index contributed by atoms with van der Waals surface area (Å²) in [5.41, 5.74) is 0.650. The number of esters is 1. The second-order valence-corrected chi connectivity index (χ2v) is 9.63. The lowest BCUT2D eigenvalue weighted by molar-refractivity contribution is -0.136. The van der Waals surface area contributed by atoms with Crippen LogP contribution in [-0.2, 0) is 21.6 Å². The number of nitrogens with zero attached hydrogens (tertiary/aromatic N) is 2. The average molecular weight is 469 g/mol. The van der Waals surface area contributed by atoms with E-state index < -0.39 is 11.3 Å². The lowest BCUT2D eigenvalue weighted by atomic mass is 9.83. The van der Waals surface area contributed by atoms with E-state index in [0.29, 0.717) is 42.1 Å². The predicted molar refractivity (Wildman–Crippen MR) is 120 cm³/mol. The van der Waals surface area contributed by atoms with Gasteiger partial charge < -0.3 is 18.9 Å². The molecule has 6 rings (SSSR count). The van der Waals surface area contributed by atoms with Crippen LogP contribution in [0.4, 0.5) is 4.39 Å². The molecule has 4 heterocycles. The number of hydrogen-bond acceptors (Lipinski definition) is 4. The molecular weight excluding hydrogens is 447 g/mol. The molecule has 3 aromatic rings. The smallest absolute Gasteiger partial charge is 0.339 e. The van der Waals surface area contributed by atoms with E-state index in [-0.39, 0.29) is 31.6 Å². The molecule has 0 saturated carbocycles. The molecule has 6 nitrogen and oxygen atoms in total. The van der Waals surface area contributed by atoms with Crippen molar-refractivity contribution < 1.29 is 23.5 Å². The van der Waals surface area contributed by atoms with E-state index in [0.717, 1.165) is 16.5 Å². The van der Waals surface area contributed by atoms with Crippen molar-refractivity contribution in [2.24, 2.45) is 0 Å². The van der Waals surface area contributed by atoms with Gasteiger partial charge in [-0.2, -0.15) is 0 Å². The summed E-state index contributed by atoms with van der Waals surface area (Å²) in [7, 11) is 0. The Morgan fingerprint density at radius 2 is 1.88 bits per heavy atom. The molecule has 1 amide bonds. The van der Waals surface area contributed by atoms with Gasteiger partial charge in [-0.05, 0) is 18.2 Å². The molecule has 3 aliphatic rings. The summed E-state index contributed by atoms with van der Waals surface area (Å²) in [4.78, 5) is 27.7. The number of rotatable bonds is 3. The number of alkyl halides is 1. The van der Waals surface area contributed by atoms with Crippen LogP contribution in [0.5, 0.6) is 0 Å². The maximum atomic E-state index is 14.8. The number of halogens is 2. The van der Waals surface area contributed by atoms with Crippen LogP contribution < -0.4 is 0 Å². The summed E-state index contributed by atoms with van der Waals surface area (Å²) in [5.74, 6) is -0.420. The Morgan fingerprint density at radius 1 is 1.12 bits per heavy atom. The number of carbonyl (C=O) groups excluding carboxylic acids is 2. The Balaban J connectivity index is 1.28. The van der Waals surface area contributed by atoms with Crippen LogP contribution >= 0.6 is 11.6 Å². The number of hydrogen-bond donors (Lipinski definition) is 0. The topological polar surface area (TPSA) is 60.8 Å². The zero-order valence-corrected chi connectivity index (χ0v) is 18.6. The monoisotopic (exact) mass is 468 g/mol. The van der Waals surface area contributed by atoms with Crippen LogP contribution in [0, 0.1) is 0 Å². The first kappa shape index (κ1) is 20.7. The highest BCUT2D eigenvalue weighted by atomic mass is 35.5. The predicted octanol–water partition coefficient (Wildman–Crippen LogP) is 4.34. The number of ether oxygens (including phenoxy) is 2. The quantitative estimate of drug-likeness (QED) is 0.537. The highest BCUT2D eigenvalue weighted by Crippen LogP contribution is 2.44. The molecule has 1 aromatic heterocycles. The molecule has 0 atom stereocenters. The molecule has 3 aliphatic heterocycles.